The van der Waals surface area contributed by atoms with Crippen molar-refractivity contribution < 1.29 is 92.4 Å². The number of rotatable bonds is 6. The summed E-state index contributed by atoms with van der Waals surface area (Å²) in [6.07, 6.45) is -1.35. The molecule has 0 saturated heterocycles. The summed E-state index contributed by atoms with van der Waals surface area (Å²) in [6, 6.07) is 10.4. The number of halogens is 20. The lowest BCUT2D eigenvalue weighted by molar-refractivity contribution is -0.689. The first-order chi connectivity index (χ1) is 27.5. The molecular formula is C36H13BF20N2. The van der Waals surface area contributed by atoms with Crippen molar-refractivity contribution in [1.29, 1.82) is 0 Å². The lowest BCUT2D eigenvalue weighted by atomic mass is 9.12. The van der Waals surface area contributed by atoms with Gasteiger partial charge in [0.2, 0.25) is 0 Å². The van der Waals surface area contributed by atoms with Crippen LogP contribution in [0.5, 0.6) is 0 Å². The Kier molecular flexibility index (Phi) is 12.1. The maximum absolute atomic E-state index is 15.4. The van der Waals surface area contributed by atoms with E-state index in [0.717, 1.165) is 12.2 Å². The first-order valence-electron chi connectivity index (χ1n) is 15.6. The second kappa shape index (κ2) is 16.2. The molecule has 310 valence electrons. The molecule has 0 fully saturated rings. The monoisotopic (exact) mass is 864 g/mol. The van der Waals surface area contributed by atoms with Crippen LogP contribution >= 0.6 is 0 Å². The van der Waals surface area contributed by atoms with Gasteiger partial charge in [-0.3, -0.25) is 0 Å². The maximum Gasteiger partial charge on any atom is 0.200 e. The van der Waals surface area contributed by atoms with Gasteiger partial charge in [0.15, 0.2) is 88.7 Å². The van der Waals surface area contributed by atoms with E-state index in [9.17, 15) is 52.7 Å². The van der Waals surface area contributed by atoms with Gasteiger partial charge in [-0.25, -0.2) is 92.8 Å². The first kappa shape index (κ1) is 44.0. The average molecular weight is 864 g/mol. The van der Waals surface area contributed by atoms with E-state index in [1.54, 1.807) is 0 Å². The number of aryl methyl sites for hydroxylation is 1. The van der Waals surface area contributed by atoms with Crippen molar-refractivity contribution in [3.63, 3.8) is 0 Å². The van der Waals surface area contributed by atoms with Gasteiger partial charge < -0.3 is 0 Å². The Morgan fingerprint density at radius 3 is 0.898 bits per heavy atom. The molecule has 0 spiro atoms. The molecule has 1 aromatic heterocycles. The topological polar surface area (TPSA) is 16.8 Å². The Balaban J connectivity index is 0.000000395. The van der Waals surface area contributed by atoms with Crippen LogP contribution in [0.15, 0.2) is 48.9 Å². The van der Waals surface area contributed by atoms with Crippen LogP contribution in [0, 0.1) is 123 Å². The summed E-state index contributed by atoms with van der Waals surface area (Å²) in [4.78, 5) is 4.16. The molecule has 0 radical (unpaired) electrons. The predicted octanol–water partition coefficient (Wildman–Crippen LogP) is 7.57. The van der Waals surface area contributed by atoms with E-state index >= 15 is 35.1 Å². The van der Waals surface area contributed by atoms with Gasteiger partial charge in [0, 0.05) is 5.56 Å². The summed E-state index contributed by atoms with van der Waals surface area (Å²) in [5, 5.41) is 0. The zero-order valence-corrected chi connectivity index (χ0v) is 28.4. The summed E-state index contributed by atoms with van der Waals surface area (Å²) in [6.45, 7) is 2.91. The molecule has 1 heterocycles. The third-order valence-electron chi connectivity index (χ3n) is 8.80. The molecule has 23 heteroatoms. The minimum absolute atomic E-state index is 0.907. The Bertz CT molecular complexity index is 2270. The Morgan fingerprint density at radius 1 is 0.390 bits per heavy atom. The van der Waals surface area contributed by atoms with E-state index < -0.39 is 144 Å². The summed E-state index contributed by atoms with van der Waals surface area (Å²) >= 11 is 0. The van der Waals surface area contributed by atoms with Gasteiger partial charge in [-0.2, -0.15) is 4.57 Å². The van der Waals surface area contributed by atoms with E-state index in [0.29, 0.717) is 0 Å². The molecule has 2 nitrogen and oxygen atoms in total. The minimum Gasteiger partial charge on any atom is -0.249 e. The molecule has 0 aliphatic rings. The molecule has 0 unspecified atom stereocenters. The summed E-state index contributed by atoms with van der Waals surface area (Å²) in [5.41, 5.74) is -12.0. The van der Waals surface area contributed by atoms with Gasteiger partial charge in [0.25, 0.3) is 0 Å². The Morgan fingerprint density at radius 2 is 0.644 bits per heavy atom. The van der Waals surface area contributed by atoms with Crippen molar-refractivity contribution in [1.82, 2.24) is 4.98 Å². The lowest BCUT2D eigenvalue weighted by Gasteiger charge is -2.44. The van der Waals surface area contributed by atoms with Crippen LogP contribution in [-0.2, 0) is 6.54 Å². The number of hydrogen-bond acceptors (Lipinski definition) is 1. The van der Waals surface area contributed by atoms with Crippen molar-refractivity contribution in [3.8, 4) is 0 Å². The number of hydrogen-bond donors (Lipinski definition) is 0. The van der Waals surface area contributed by atoms with Crippen LogP contribution in [0.25, 0.3) is 0 Å². The highest BCUT2D eigenvalue weighted by Crippen LogP contribution is 2.30. The van der Waals surface area contributed by atoms with Gasteiger partial charge in [-0.05, 0) is 6.92 Å². The van der Waals surface area contributed by atoms with Crippen molar-refractivity contribution in [2.24, 2.45) is 0 Å². The van der Waals surface area contributed by atoms with Gasteiger partial charge in [-0.15, -0.1) is 21.9 Å². The third kappa shape index (κ3) is 6.98. The van der Waals surface area contributed by atoms with Crippen LogP contribution in [0.2, 0.25) is 0 Å². The van der Waals surface area contributed by atoms with Gasteiger partial charge in [0.05, 0.1) is 6.20 Å². The third-order valence-corrected chi connectivity index (χ3v) is 8.80. The molecular weight excluding hydrogens is 851 g/mol. The van der Waals surface area contributed by atoms with Crippen LogP contribution in [-0.4, -0.2) is 11.1 Å². The molecule has 6 rings (SSSR count). The van der Waals surface area contributed by atoms with E-state index in [-0.39, 0.29) is 0 Å². The standard InChI is InChI=1S/C24BF20.C12H13N2/c26-5-1(6(27)14(35)21(42)13(5)34)25(2-7(28)15(36)22(43)16(37)8(2)29,3-9(30)17(38)23(44)18(39)10(3)31)4-11(32)19(40)24(45)20(41)12(4)33;1-11-9-14(8-7-13-11)10-12-5-3-2-4-6-12/h;2-9H,10H2,1H3/q-1;+1. The zero-order valence-electron chi connectivity index (χ0n) is 28.4. The largest absolute Gasteiger partial charge is 0.249 e. The van der Waals surface area contributed by atoms with Gasteiger partial charge in [0.1, 0.15) is 58.4 Å². The molecule has 0 saturated carbocycles. The average Bonchev–Trinajstić information content (AvgIpc) is 3.21. The van der Waals surface area contributed by atoms with Crippen molar-refractivity contribution >= 4 is 28.0 Å². The Labute approximate surface area is 315 Å². The van der Waals surface area contributed by atoms with E-state index in [2.05, 4.69) is 33.8 Å². The summed E-state index contributed by atoms with van der Waals surface area (Å²) in [7, 11) is 0. The lowest BCUT2D eigenvalue weighted by Crippen LogP contribution is -2.81. The molecule has 0 amide bonds. The van der Waals surface area contributed by atoms with Crippen LogP contribution in [0.3, 0.4) is 0 Å². The second-order valence-corrected chi connectivity index (χ2v) is 12.2. The SMILES string of the molecule is Cc1c[n+](Cc2ccccc2)ccn1.Fc1c(F)c(F)c([B-](c2c(F)c(F)c(F)c(F)c2F)(c2c(F)c(F)c(F)c(F)c2F)c2c(F)c(F)c(F)c(F)c2F)c(F)c1F. The number of nitrogens with zero attached hydrogens (tertiary/aromatic N) is 2. The molecule has 59 heavy (non-hydrogen) atoms. The van der Waals surface area contributed by atoms with E-state index in [4.69, 9.17) is 0 Å². The Hall–Kier alpha value is -6.16. The molecule has 0 atom stereocenters. The predicted molar refractivity (Wildman–Crippen MR) is 164 cm³/mol. The van der Waals surface area contributed by atoms with Crippen LogP contribution < -0.4 is 26.4 Å². The van der Waals surface area contributed by atoms with Gasteiger partial charge >= 0.3 is 0 Å². The number of benzene rings is 5. The zero-order chi connectivity index (χ0) is 44.2. The number of aromatic nitrogens is 2. The fraction of sp³-hybridized carbons (Fsp3) is 0.0556. The van der Waals surface area contributed by atoms with Crippen molar-refractivity contribution in [2.75, 3.05) is 0 Å². The van der Waals surface area contributed by atoms with E-state index in [1.165, 1.54) is 5.56 Å². The highest BCUT2D eigenvalue weighted by Gasteiger charge is 2.52. The normalized spacial score (nSPS) is 11.5. The van der Waals surface area contributed by atoms with Gasteiger partial charge in [-0.1, -0.05) is 30.3 Å². The summed E-state index contributed by atoms with van der Waals surface area (Å²) < 4.78 is 296. The first-order valence-corrected chi connectivity index (χ1v) is 15.6. The fourth-order valence-electron chi connectivity index (χ4n) is 6.32. The molecule has 0 N–H and O–H groups in total. The molecule has 0 aliphatic carbocycles. The van der Waals surface area contributed by atoms with E-state index in [1.807, 2.05) is 31.6 Å². The molecule has 0 aliphatic heterocycles. The fourth-order valence-corrected chi connectivity index (χ4v) is 6.32. The molecule has 0 bridgehead atoms. The highest BCUT2D eigenvalue weighted by atomic mass is 19.2. The maximum atomic E-state index is 15.4. The van der Waals surface area contributed by atoms with Crippen molar-refractivity contribution in [2.45, 2.75) is 13.5 Å². The smallest absolute Gasteiger partial charge is 0.200 e. The quantitative estimate of drug-likeness (QED) is 0.0556. The molecule has 5 aromatic carbocycles. The van der Waals surface area contributed by atoms with Crippen molar-refractivity contribution in [3.05, 3.63) is 177 Å². The van der Waals surface area contributed by atoms with Crippen LogP contribution in [0.1, 0.15) is 11.3 Å². The second-order valence-electron chi connectivity index (χ2n) is 12.2. The molecule has 6 aromatic rings. The van der Waals surface area contributed by atoms with Crippen LogP contribution in [0.4, 0.5) is 87.8 Å². The summed E-state index contributed by atoms with van der Waals surface area (Å²) in [5.74, 6) is -71.4. The highest BCUT2D eigenvalue weighted by molar-refractivity contribution is 7.20. The minimum atomic E-state index is -7.22.